The number of fused-ring (bicyclic) bond motifs is 1. The third-order valence-corrected chi connectivity index (χ3v) is 3.95. The molecule has 0 aliphatic rings. The third kappa shape index (κ3) is 5.34. The Hall–Kier alpha value is -3.88. The molecule has 9 nitrogen and oxygen atoms in total. The molecule has 0 spiro atoms. The molecule has 0 unspecified atom stereocenters. The highest BCUT2D eigenvalue weighted by Crippen LogP contribution is 2.33. The second-order valence-electron chi connectivity index (χ2n) is 7.48. The van der Waals surface area contributed by atoms with Gasteiger partial charge in [0.15, 0.2) is 0 Å². The number of benzene rings is 2. The lowest BCUT2D eigenvalue weighted by atomic mass is 10.1. The molecule has 2 N–H and O–H groups in total. The van der Waals surface area contributed by atoms with E-state index in [0.29, 0.717) is 23.3 Å². The average Bonchev–Trinajstić information content (AvgIpc) is 2.69. The van der Waals surface area contributed by atoms with E-state index in [2.05, 4.69) is 15.8 Å². The van der Waals surface area contributed by atoms with Crippen LogP contribution >= 0.6 is 0 Å². The van der Waals surface area contributed by atoms with E-state index in [0.717, 1.165) is 11.8 Å². The van der Waals surface area contributed by atoms with Crippen molar-refractivity contribution in [1.82, 2.24) is 10.4 Å². The highest BCUT2D eigenvalue weighted by atomic mass is 16.6. The van der Waals surface area contributed by atoms with E-state index in [1.807, 2.05) is 30.3 Å². The van der Waals surface area contributed by atoms with Gasteiger partial charge in [0.05, 0.1) is 10.4 Å². The third-order valence-electron chi connectivity index (χ3n) is 3.95. The van der Waals surface area contributed by atoms with Crippen molar-refractivity contribution >= 4 is 28.4 Å². The molecule has 30 heavy (non-hydrogen) atoms. The molecule has 3 aromatic rings. The van der Waals surface area contributed by atoms with Gasteiger partial charge in [-0.2, -0.15) is 0 Å². The fraction of sp³-hybridized carbons (Fsp3) is 0.238. The summed E-state index contributed by atoms with van der Waals surface area (Å²) in [4.78, 5) is 26.9. The summed E-state index contributed by atoms with van der Waals surface area (Å²) in [7, 11) is 0. The van der Waals surface area contributed by atoms with Crippen molar-refractivity contribution in [3.63, 3.8) is 0 Å². The van der Waals surface area contributed by atoms with Crippen LogP contribution in [-0.4, -0.2) is 21.6 Å². The topological polar surface area (TPSA) is 116 Å². The minimum Gasteiger partial charge on any atom is -0.489 e. The van der Waals surface area contributed by atoms with Gasteiger partial charge in [-0.25, -0.2) is 15.2 Å². The summed E-state index contributed by atoms with van der Waals surface area (Å²) < 4.78 is 10.9. The first-order valence-electron chi connectivity index (χ1n) is 9.22. The van der Waals surface area contributed by atoms with Gasteiger partial charge in [0.2, 0.25) is 0 Å². The lowest BCUT2D eigenvalue weighted by molar-refractivity contribution is -0.384. The number of pyridine rings is 1. The zero-order chi connectivity index (χ0) is 21.7. The minimum absolute atomic E-state index is 0.102. The van der Waals surface area contributed by atoms with Crippen LogP contribution in [0.2, 0.25) is 0 Å². The number of anilines is 1. The number of hydrogen-bond acceptors (Lipinski definition) is 7. The quantitative estimate of drug-likeness (QED) is 0.451. The number of nitrogens with zero attached hydrogens (tertiary/aromatic N) is 2. The molecule has 1 heterocycles. The monoisotopic (exact) mass is 410 g/mol. The molecule has 1 amide bonds. The SMILES string of the molecule is CC(C)(C)OC(=O)NNc1c([N+](=O)[O-])cnc2cc(OCc3ccccc3)ccc12. The lowest BCUT2D eigenvalue weighted by Crippen LogP contribution is -2.36. The molecule has 156 valence electrons. The number of rotatable bonds is 6. The van der Waals surface area contributed by atoms with Gasteiger partial charge in [-0.1, -0.05) is 30.3 Å². The van der Waals surface area contributed by atoms with Crippen molar-refractivity contribution in [3.8, 4) is 5.75 Å². The van der Waals surface area contributed by atoms with Crippen LogP contribution < -0.4 is 15.6 Å². The van der Waals surface area contributed by atoms with E-state index >= 15 is 0 Å². The molecule has 0 aliphatic heterocycles. The van der Waals surface area contributed by atoms with Crippen molar-refractivity contribution < 1.29 is 19.2 Å². The highest BCUT2D eigenvalue weighted by molar-refractivity contribution is 5.96. The van der Waals surface area contributed by atoms with Crippen molar-refractivity contribution in [2.45, 2.75) is 33.0 Å². The fourth-order valence-corrected chi connectivity index (χ4v) is 2.68. The molecule has 1 aromatic heterocycles. The van der Waals surface area contributed by atoms with Gasteiger partial charge >= 0.3 is 11.8 Å². The number of carbonyl (C=O) groups is 1. The van der Waals surface area contributed by atoms with Crippen LogP contribution in [0.15, 0.2) is 54.7 Å². The smallest absolute Gasteiger partial charge is 0.426 e. The summed E-state index contributed by atoms with van der Waals surface area (Å²) in [6.07, 6.45) is 0.368. The van der Waals surface area contributed by atoms with Crippen LogP contribution in [0.5, 0.6) is 5.75 Å². The number of aromatic nitrogens is 1. The van der Waals surface area contributed by atoms with E-state index in [9.17, 15) is 14.9 Å². The summed E-state index contributed by atoms with van der Waals surface area (Å²) in [5.74, 6) is 0.568. The molecule has 0 saturated carbocycles. The zero-order valence-corrected chi connectivity index (χ0v) is 16.8. The maximum absolute atomic E-state index is 11.9. The molecule has 0 saturated heterocycles. The zero-order valence-electron chi connectivity index (χ0n) is 16.8. The summed E-state index contributed by atoms with van der Waals surface area (Å²) in [5, 5.41) is 11.9. The Labute approximate surface area is 173 Å². The van der Waals surface area contributed by atoms with E-state index < -0.39 is 16.6 Å². The van der Waals surface area contributed by atoms with Gasteiger partial charge in [-0.05, 0) is 38.5 Å². The minimum atomic E-state index is -0.760. The Bertz CT molecular complexity index is 1060. The molecular weight excluding hydrogens is 388 g/mol. The Morgan fingerprint density at radius 3 is 2.57 bits per heavy atom. The van der Waals surface area contributed by atoms with Crippen LogP contribution in [0, 0.1) is 10.1 Å². The predicted molar refractivity (Wildman–Crippen MR) is 112 cm³/mol. The Morgan fingerprint density at radius 1 is 1.17 bits per heavy atom. The summed E-state index contributed by atoms with van der Waals surface area (Å²) in [5.41, 5.74) is 5.52. The van der Waals surface area contributed by atoms with Crippen molar-refractivity contribution in [3.05, 3.63) is 70.4 Å². The van der Waals surface area contributed by atoms with E-state index in [1.54, 1.807) is 39.0 Å². The van der Waals surface area contributed by atoms with Crippen LogP contribution in [0.3, 0.4) is 0 Å². The van der Waals surface area contributed by atoms with Gasteiger partial charge in [0.25, 0.3) is 0 Å². The van der Waals surface area contributed by atoms with Crippen LogP contribution in [-0.2, 0) is 11.3 Å². The number of amides is 1. The summed E-state index contributed by atoms with van der Waals surface area (Å²) >= 11 is 0. The maximum atomic E-state index is 11.9. The Morgan fingerprint density at radius 2 is 1.90 bits per heavy atom. The van der Waals surface area contributed by atoms with Gasteiger partial charge in [-0.15, -0.1) is 0 Å². The number of nitro groups is 1. The largest absolute Gasteiger partial charge is 0.489 e. The van der Waals surface area contributed by atoms with Gasteiger partial charge < -0.3 is 9.47 Å². The molecule has 0 radical (unpaired) electrons. The molecule has 9 heteroatoms. The normalized spacial score (nSPS) is 11.0. The maximum Gasteiger partial charge on any atom is 0.426 e. The molecule has 0 atom stereocenters. The van der Waals surface area contributed by atoms with E-state index in [1.165, 1.54) is 0 Å². The number of hydrogen-bond donors (Lipinski definition) is 2. The molecule has 2 aromatic carbocycles. The van der Waals surface area contributed by atoms with E-state index in [4.69, 9.17) is 9.47 Å². The summed E-state index contributed by atoms with van der Waals surface area (Å²) in [6, 6.07) is 14.7. The van der Waals surface area contributed by atoms with Crippen molar-refractivity contribution in [2.75, 3.05) is 5.43 Å². The van der Waals surface area contributed by atoms with E-state index in [-0.39, 0.29) is 11.4 Å². The van der Waals surface area contributed by atoms with Crippen LogP contribution in [0.25, 0.3) is 10.9 Å². The molecule has 3 rings (SSSR count). The standard InChI is InChI=1S/C21H22N4O5/c1-21(2,3)30-20(26)24-23-19-16-10-9-15(29-13-14-7-5-4-6-8-14)11-17(16)22-12-18(19)25(27)28/h4-12H,13H2,1-3H3,(H,22,23)(H,24,26). The molecular formula is C21H22N4O5. The second kappa shape index (κ2) is 8.64. The van der Waals surface area contributed by atoms with Gasteiger partial charge in [0, 0.05) is 11.5 Å². The van der Waals surface area contributed by atoms with Gasteiger partial charge in [0.1, 0.15) is 29.8 Å². The van der Waals surface area contributed by atoms with Gasteiger partial charge in [-0.3, -0.25) is 15.5 Å². The molecule has 0 bridgehead atoms. The number of ether oxygens (including phenoxy) is 2. The Balaban J connectivity index is 1.83. The highest BCUT2D eigenvalue weighted by Gasteiger charge is 2.21. The first kappa shape index (κ1) is 20.8. The van der Waals surface area contributed by atoms with Crippen LogP contribution in [0.1, 0.15) is 26.3 Å². The fourth-order valence-electron chi connectivity index (χ4n) is 2.68. The molecule has 0 fully saturated rings. The van der Waals surface area contributed by atoms with Crippen LogP contribution in [0.4, 0.5) is 16.2 Å². The predicted octanol–water partition coefficient (Wildman–Crippen LogP) is 4.57. The number of carbonyl (C=O) groups excluding carboxylic acids is 1. The van der Waals surface area contributed by atoms with Crippen molar-refractivity contribution in [2.24, 2.45) is 0 Å². The Kier molecular flexibility index (Phi) is 6.01. The number of hydrazine groups is 1. The summed E-state index contributed by atoms with van der Waals surface area (Å²) in [6.45, 7) is 5.53. The number of nitrogens with one attached hydrogen (secondary N) is 2. The lowest BCUT2D eigenvalue weighted by Gasteiger charge is -2.20. The first-order chi connectivity index (χ1) is 14.2. The second-order valence-corrected chi connectivity index (χ2v) is 7.48. The molecule has 0 aliphatic carbocycles. The average molecular weight is 410 g/mol. The first-order valence-corrected chi connectivity index (χ1v) is 9.22. The van der Waals surface area contributed by atoms with Crippen molar-refractivity contribution in [1.29, 1.82) is 0 Å².